The predicted octanol–water partition coefficient (Wildman–Crippen LogP) is 4.49. The first-order valence-electron chi connectivity index (χ1n) is 18.4. The molecule has 55 heavy (non-hydrogen) atoms. The van der Waals surface area contributed by atoms with Crippen molar-refractivity contribution < 1.29 is 46.0 Å². The maximum absolute atomic E-state index is 14.5. The molecule has 2 aliphatic heterocycles. The molecule has 3 fully saturated rings. The van der Waals surface area contributed by atoms with Crippen LogP contribution in [0.15, 0.2) is 53.7 Å². The predicted molar refractivity (Wildman–Crippen MR) is 198 cm³/mol. The molecule has 5 aliphatic rings. The van der Waals surface area contributed by atoms with Gasteiger partial charge in [-0.1, -0.05) is 74.5 Å². The van der Waals surface area contributed by atoms with Crippen molar-refractivity contribution in [1.29, 1.82) is 0 Å². The van der Waals surface area contributed by atoms with Crippen molar-refractivity contribution in [3.63, 3.8) is 0 Å². The van der Waals surface area contributed by atoms with Crippen LogP contribution in [0.25, 0.3) is 17.2 Å². The van der Waals surface area contributed by atoms with Crippen LogP contribution in [0.4, 0.5) is 13.6 Å². The third kappa shape index (κ3) is 7.57. The minimum Gasteiger partial charge on any atom is -0.443 e. The molecule has 2 aromatic rings. The lowest BCUT2D eigenvalue weighted by atomic mass is 9.85. The fourth-order valence-electron chi connectivity index (χ4n) is 7.53. The van der Waals surface area contributed by atoms with E-state index in [0.29, 0.717) is 25.0 Å². The summed E-state index contributed by atoms with van der Waals surface area (Å²) in [6.07, 6.45) is -0.653. The number of carbonyl (C=O) groups is 4. The van der Waals surface area contributed by atoms with E-state index in [1.165, 1.54) is 4.90 Å². The zero-order chi connectivity index (χ0) is 39.7. The average Bonchev–Trinajstić information content (AvgIpc) is 4.01. The summed E-state index contributed by atoms with van der Waals surface area (Å²) in [5.74, 6) is -4.54. The first-order valence-corrected chi connectivity index (χ1v) is 19.9. The molecular weight excluding hydrogens is 737 g/mol. The standard InChI is InChI=1S/C39H45F2N5O8S/c1-37(2,3)31-34(48)46-20-22(18-29(46)33(47)43-39(19-28(39)32(40)41)35(49)45-55(51,52)23-13-14-23)54-44-30-26-11-7-6-10-24(26)25-15-12-21(17-27(25)30)9-8-16-38(4,5)53-36(50)42-31/h6-12,15,17,22-23,28-29,31-32H,13-14,16,18-20H2,1-5H3,(H,42,50)(H,43,47)(H,45,49)/b9-8+,44-30+/t22-,28+,29+,31-,39+/m1/s1. The second kappa shape index (κ2) is 13.7. The van der Waals surface area contributed by atoms with E-state index in [9.17, 15) is 36.4 Å². The molecule has 2 saturated carbocycles. The zero-order valence-electron chi connectivity index (χ0n) is 31.2. The highest BCUT2D eigenvalue weighted by Gasteiger charge is 2.67. The maximum atomic E-state index is 14.5. The highest BCUT2D eigenvalue weighted by atomic mass is 32.2. The van der Waals surface area contributed by atoms with Gasteiger partial charge in [0.15, 0.2) is 0 Å². The SMILES string of the molecule is CC1(C)C/C=C/c2ccc3c(c2)/C(=N/O[C@@H]2C[C@@H](C(=O)N[C@@]4(C(=O)NS(=O)(=O)C5CC5)C[C@H]4C(F)F)N(C2)C(=O)[C@H](C(C)(C)C)NC(=O)O1)c1ccccc1-3. The van der Waals surface area contributed by atoms with Gasteiger partial charge in [-0.3, -0.25) is 19.1 Å². The summed E-state index contributed by atoms with van der Waals surface area (Å²) in [7, 11) is -4.13. The van der Waals surface area contributed by atoms with Gasteiger partial charge in [-0.15, -0.1) is 0 Å². The van der Waals surface area contributed by atoms with Gasteiger partial charge in [0.1, 0.15) is 35.0 Å². The first-order chi connectivity index (χ1) is 25.8. The van der Waals surface area contributed by atoms with E-state index >= 15 is 0 Å². The summed E-state index contributed by atoms with van der Waals surface area (Å²) in [5, 5.41) is 8.88. The maximum Gasteiger partial charge on any atom is 0.408 e. The molecule has 5 atom stereocenters. The van der Waals surface area contributed by atoms with Gasteiger partial charge in [0.05, 0.1) is 17.7 Å². The highest BCUT2D eigenvalue weighted by Crippen LogP contribution is 2.48. The number of benzene rings is 2. The number of ether oxygens (including phenoxy) is 1. The lowest BCUT2D eigenvalue weighted by molar-refractivity contribution is -0.143. The van der Waals surface area contributed by atoms with Gasteiger partial charge in [-0.25, -0.2) is 22.0 Å². The van der Waals surface area contributed by atoms with E-state index in [-0.39, 0.29) is 13.0 Å². The fourth-order valence-corrected chi connectivity index (χ4v) is 8.89. The van der Waals surface area contributed by atoms with Crippen LogP contribution in [0.2, 0.25) is 0 Å². The number of nitrogens with zero attached hydrogens (tertiary/aromatic N) is 2. The second-order valence-electron chi connectivity index (χ2n) is 16.7. The average molecular weight is 782 g/mol. The van der Waals surface area contributed by atoms with Crippen molar-refractivity contribution in [2.24, 2.45) is 16.5 Å². The molecule has 3 N–H and O–H groups in total. The van der Waals surface area contributed by atoms with Crippen LogP contribution in [0.3, 0.4) is 0 Å². The van der Waals surface area contributed by atoms with Crippen molar-refractivity contribution in [3.05, 3.63) is 65.2 Å². The monoisotopic (exact) mass is 781 g/mol. The Balaban J connectivity index is 1.25. The van der Waals surface area contributed by atoms with Crippen LogP contribution in [-0.4, -0.2) is 90.4 Å². The minimum atomic E-state index is -4.13. The second-order valence-corrected chi connectivity index (χ2v) is 18.7. The summed E-state index contributed by atoms with van der Waals surface area (Å²) in [4.78, 5) is 62.8. The lowest BCUT2D eigenvalue weighted by Gasteiger charge is -2.36. The van der Waals surface area contributed by atoms with Gasteiger partial charge in [-0.05, 0) is 61.3 Å². The number of alkyl halides is 2. The van der Waals surface area contributed by atoms with Crippen LogP contribution in [0.5, 0.6) is 0 Å². The Morgan fingerprint density at radius 1 is 1.04 bits per heavy atom. The summed E-state index contributed by atoms with van der Waals surface area (Å²) in [5.41, 5.74) is 0.792. The summed E-state index contributed by atoms with van der Waals surface area (Å²) >= 11 is 0. The van der Waals surface area contributed by atoms with E-state index in [2.05, 4.69) is 15.8 Å². The number of carbonyl (C=O) groups excluding carboxylic acids is 4. The third-order valence-corrected chi connectivity index (χ3v) is 12.7. The minimum absolute atomic E-state index is 0.155. The van der Waals surface area contributed by atoms with Gasteiger partial charge in [0, 0.05) is 24.0 Å². The summed E-state index contributed by atoms with van der Waals surface area (Å²) in [6, 6.07) is 11.0. The van der Waals surface area contributed by atoms with Gasteiger partial charge in [0.2, 0.25) is 28.3 Å². The number of cyclic esters (lactones) is 1. The molecule has 1 saturated heterocycles. The zero-order valence-corrected chi connectivity index (χ0v) is 32.0. The van der Waals surface area contributed by atoms with E-state index in [0.717, 1.165) is 27.8 Å². The van der Waals surface area contributed by atoms with Crippen molar-refractivity contribution in [1.82, 2.24) is 20.3 Å². The molecule has 0 radical (unpaired) electrons. The number of hydrogen-bond acceptors (Lipinski definition) is 9. The van der Waals surface area contributed by atoms with Crippen LogP contribution in [0, 0.1) is 11.3 Å². The molecule has 4 bridgehead atoms. The Kier molecular flexibility index (Phi) is 9.58. The highest BCUT2D eigenvalue weighted by molar-refractivity contribution is 7.91. The van der Waals surface area contributed by atoms with Gasteiger partial charge in [0.25, 0.3) is 5.91 Å². The fraction of sp³-hybridized carbons (Fsp3) is 0.513. The topological polar surface area (TPSA) is 173 Å². The van der Waals surface area contributed by atoms with Gasteiger partial charge >= 0.3 is 6.09 Å². The first kappa shape index (κ1) is 38.4. The molecule has 0 aromatic heterocycles. The van der Waals surface area contributed by atoms with Crippen molar-refractivity contribution in [2.75, 3.05) is 6.54 Å². The molecule has 4 amide bonds. The molecule has 0 unspecified atom stereocenters. The third-order valence-electron chi connectivity index (χ3n) is 10.8. The number of fused-ring (bicyclic) bond motifs is 6. The number of halogens is 2. The Morgan fingerprint density at radius 2 is 1.73 bits per heavy atom. The van der Waals surface area contributed by atoms with Gasteiger partial charge < -0.3 is 25.1 Å². The number of oxime groups is 1. The lowest BCUT2D eigenvalue weighted by Crippen LogP contribution is -2.60. The molecule has 16 heteroatoms. The molecule has 0 spiro atoms. The normalized spacial score (nSPS) is 29.0. The quantitative estimate of drug-likeness (QED) is 0.328. The van der Waals surface area contributed by atoms with Crippen LogP contribution >= 0.6 is 0 Å². The Hall–Kier alpha value is -4.86. The van der Waals surface area contributed by atoms with Gasteiger partial charge in [-0.2, -0.15) is 0 Å². The number of sulfonamides is 1. The largest absolute Gasteiger partial charge is 0.443 e. The Bertz CT molecular complexity index is 2110. The number of rotatable bonds is 6. The number of nitrogens with one attached hydrogen (secondary N) is 3. The molecule has 7 rings (SSSR count). The molecule has 2 aromatic carbocycles. The van der Waals surface area contributed by atoms with E-state index < -0.39 is 92.6 Å². The molecule has 3 aliphatic carbocycles. The number of amides is 4. The molecule has 13 nitrogen and oxygen atoms in total. The van der Waals surface area contributed by atoms with E-state index in [1.807, 2.05) is 59.3 Å². The molecule has 294 valence electrons. The van der Waals surface area contributed by atoms with Crippen LogP contribution in [0.1, 0.15) is 83.4 Å². The summed E-state index contributed by atoms with van der Waals surface area (Å²) in [6.45, 7) is 8.46. The number of hydrogen-bond donors (Lipinski definition) is 3. The van der Waals surface area contributed by atoms with Crippen molar-refractivity contribution in [3.8, 4) is 11.1 Å². The smallest absolute Gasteiger partial charge is 0.408 e. The van der Waals surface area contributed by atoms with Crippen LogP contribution in [-0.2, 0) is 34.0 Å². The van der Waals surface area contributed by atoms with Crippen molar-refractivity contribution in [2.45, 2.75) is 108 Å². The molecule has 2 heterocycles. The van der Waals surface area contributed by atoms with E-state index in [4.69, 9.17) is 9.57 Å². The Morgan fingerprint density at radius 3 is 2.38 bits per heavy atom. The van der Waals surface area contributed by atoms with E-state index in [1.54, 1.807) is 34.6 Å². The summed E-state index contributed by atoms with van der Waals surface area (Å²) < 4.78 is 61.2. The molecular formula is C39H45F2N5O8S. The van der Waals surface area contributed by atoms with Crippen LogP contribution < -0.4 is 15.4 Å². The number of alkyl carbamates (subject to hydrolysis) is 1. The van der Waals surface area contributed by atoms with Crippen molar-refractivity contribution >= 4 is 45.6 Å². The Labute approximate surface area is 318 Å².